The molecule has 7 nitrogen and oxygen atoms in total. The zero-order chi connectivity index (χ0) is 26.3. The average molecular weight is 506 g/mol. The second-order valence-corrected chi connectivity index (χ2v) is 10.0. The average Bonchev–Trinajstić information content (AvgIpc) is 3.22. The molecule has 1 aliphatic heterocycles. The van der Waals surface area contributed by atoms with Crippen LogP contribution in [0.4, 0.5) is 26.2 Å². The molecule has 5 rings (SSSR count). The van der Waals surface area contributed by atoms with Crippen molar-refractivity contribution in [1.82, 2.24) is 24.8 Å². The first-order chi connectivity index (χ1) is 17.7. The summed E-state index contributed by atoms with van der Waals surface area (Å²) in [4.78, 5) is 20.9. The first-order valence-corrected chi connectivity index (χ1v) is 12.8. The van der Waals surface area contributed by atoms with E-state index in [1.807, 2.05) is 25.3 Å². The summed E-state index contributed by atoms with van der Waals surface area (Å²) in [5, 5.41) is 3.79. The molecule has 1 atom stereocenters. The maximum Gasteiger partial charge on any atom is 0.229 e. The van der Waals surface area contributed by atoms with Crippen LogP contribution < -0.4 is 10.2 Å². The number of halogens is 2. The normalized spacial score (nSPS) is 16.6. The van der Waals surface area contributed by atoms with Gasteiger partial charge in [0, 0.05) is 42.3 Å². The number of rotatable bonds is 6. The van der Waals surface area contributed by atoms with Gasteiger partial charge < -0.3 is 15.2 Å². The third-order valence-electron chi connectivity index (χ3n) is 7.22. The van der Waals surface area contributed by atoms with Crippen molar-refractivity contribution in [2.75, 3.05) is 36.4 Å². The van der Waals surface area contributed by atoms with Crippen LogP contribution in [-0.4, -0.2) is 57.1 Å². The largest absolute Gasteiger partial charge is 0.367 e. The Kier molecular flexibility index (Phi) is 6.81. The molecule has 4 aromatic rings. The summed E-state index contributed by atoms with van der Waals surface area (Å²) in [7, 11) is 0. The fraction of sp³-hybridized carbons (Fsp3) is 0.393. The zero-order valence-electron chi connectivity index (χ0n) is 21.9. The number of H-pyrrole nitrogens is 1. The van der Waals surface area contributed by atoms with E-state index in [2.05, 4.69) is 62.7 Å². The van der Waals surface area contributed by atoms with Crippen LogP contribution in [0.25, 0.3) is 22.2 Å². The van der Waals surface area contributed by atoms with Gasteiger partial charge >= 0.3 is 0 Å². The minimum absolute atomic E-state index is 0.0336. The molecule has 0 bridgehead atoms. The van der Waals surface area contributed by atoms with Crippen LogP contribution in [0.3, 0.4) is 0 Å². The van der Waals surface area contributed by atoms with Crippen molar-refractivity contribution in [3.05, 3.63) is 59.6 Å². The topological polar surface area (TPSA) is 73.0 Å². The molecule has 3 aromatic heterocycles. The van der Waals surface area contributed by atoms with Gasteiger partial charge in [-0.2, -0.15) is 0 Å². The van der Waals surface area contributed by atoms with Crippen molar-refractivity contribution in [3.8, 4) is 11.3 Å². The SMILES string of the molecule is CCN1CCN(c2ccc(Nc3ncc(F)c(-c4cc(F)c5[nH]c(C)c(C(C)C)c5c4)n3)nc2)CC1C. The molecular formula is C28H33F2N7. The number of benzene rings is 1. The highest BCUT2D eigenvalue weighted by atomic mass is 19.1. The lowest BCUT2D eigenvalue weighted by atomic mass is 9.98. The summed E-state index contributed by atoms with van der Waals surface area (Å²) in [6.45, 7) is 14.4. The number of pyridine rings is 1. The Morgan fingerprint density at radius 1 is 1.11 bits per heavy atom. The molecule has 37 heavy (non-hydrogen) atoms. The Morgan fingerprint density at radius 2 is 1.92 bits per heavy atom. The van der Waals surface area contributed by atoms with Crippen molar-refractivity contribution in [2.45, 2.75) is 46.6 Å². The van der Waals surface area contributed by atoms with E-state index in [1.165, 1.54) is 6.07 Å². The van der Waals surface area contributed by atoms with E-state index < -0.39 is 11.6 Å². The number of aryl methyl sites for hydroxylation is 1. The number of fused-ring (bicyclic) bond motifs is 1. The molecule has 194 valence electrons. The molecule has 0 saturated carbocycles. The summed E-state index contributed by atoms with van der Waals surface area (Å²) in [5.41, 5.74) is 3.79. The van der Waals surface area contributed by atoms with Gasteiger partial charge in [0.25, 0.3) is 0 Å². The molecule has 1 fully saturated rings. The molecule has 4 heterocycles. The number of aromatic nitrogens is 4. The van der Waals surface area contributed by atoms with E-state index in [4.69, 9.17) is 0 Å². The predicted molar refractivity (Wildman–Crippen MR) is 145 cm³/mol. The predicted octanol–water partition coefficient (Wildman–Crippen LogP) is 6.00. The second-order valence-electron chi connectivity index (χ2n) is 10.0. The molecule has 0 aliphatic carbocycles. The minimum Gasteiger partial charge on any atom is -0.367 e. The molecule has 0 amide bonds. The number of hydrogen-bond acceptors (Lipinski definition) is 6. The number of likely N-dealkylation sites (N-methyl/N-ethyl adjacent to an activating group) is 1. The van der Waals surface area contributed by atoms with Gasteiger partial charge in [0.1, 0.15) is 17.3 Å². The number of piperazine rings is 1. The molecule has 0 radical (unpaired) electrons. The van der Waals surface area contributed by atoms with Crippen LogP contribution in [0.2, 0.25) is 0 Å². The minimum atomic E-state index is -0.619. The van der Waals surface area contributed by atoms with Gasteiger partial charge in [-0.25, -0.2) is 23.7 Å². The molecule has 0 spiro atoms. The lowest BCUT2D eigenvalue weighted by molar-refractivity contribution is 0.199. The summed E-state index contributed by atoms with van der Waals surface area (Å²) in [5.74, 6) is -0.139. The smallest absolute Gasteiger partial charge is 0.229 e. The Bertz CT molecular complexity index is 1410. The Balaban J connectivity index is 1.39. The van der Waals surface area contributed by atoms with Crippen molar-refractivity contribution in [2.24, 2.45) is 0 Å². The molecule has 1 saturated heterocycles. The van der Waals surface area contributed by atoms with Gasteiger partial charge in [-0.05, 0) is 56.1 Å². The third-order valence-corrected chi connectivity index (χ3v) is 7.22. The number of nitrogens with zero attached hydrogens (tertiary/aromatic N) is 5. The standard InChI is InChI=1S/C28H33F2N7/c1-6-36-9-10-37(15-17(36)4)20-7-8-24(31-13-20)34-28-32-14-23(30)26(35-28)19-11-21-25(16(2)3)18(5)33-27(21)22(29)12-19/h7-8,11-14,16-17,33H,6,9-10,15H2,1-5H3,(H,31,32,34,35). The van der Waals surface area contributed by atoms with Gasteiger partial charge in [0.15, 0.2) is 5.82 Å². The maximum absolute atomic E-state index is 15.0. The highest BCUT2D eigenvalue weighted by Gasteiger charge is 2.23. The number of anilines is 3. The van der Waals surface area contributed by atoms with E-state index in [1.54, 1.807) is 6.07 Å². The molecule has 1 aromatic carbocycles. The van der Waals surface area contributed by atoms with Gasteiger partial charge in [-0.1, -0.05) is 20.8 Å². The molecule has 9 heteroatoms. The van der Waals surface area contributed by atoms with Crippen LogP contribution >= 0.6 is 0 Å². The lowest BCUT2D eigenvalue weighted by Gasteiger charge is -2.40. The van der Waals surface area contributed by atoms with E-state index in [0.29, 0.717) is 22.9 Å². The van der Waals surface area contributed by atoms with Crippen molar-refractivity contribution >= 4 is 28.4 Å². The van der Waals surface area contributed by atoms with Crippen LogP contribution in [0, 0.1) is 18.6 Å². The Morgan fingerprint density at radius 3 is 2.59 bits per heavy atom. The monoisotopic (exact) mass is 505 g/mol. The highest BCUT2D eigenvalue weighted by Crippen LogP contribution is 2.34. The van der Waals surface area contributed by atoms with Crippen LogP contribution in [0.15, 0.2) is 36.7 Å². The number of nitrogens with one attached hydrogen (secondary N) is 2. The van der Waals surface area contributed by atoms with Gasteiger partial charge in [0.2, 0.25) is 5.95 Å². The second kappa shape index (κ2) is 10.0. The zero-order valence-corrected chi connectivity index (χ0v) is 21.9. The van der Waals surface area contributed by atoms with Crippen LogP contribution in [0.1, 0.15) is 44.9 Å². The third kappa shape index (κ3) is 4.87. The Labute approximate surface area is 216 Å². The van der Waals surface area contributed by atoms with Crippen molar-refractivity contribution in [1.29, 1.82) is 0 Å². The van der Waals surface area contributed by atoms with Gasteiger partial charge in [0.05, 0.1) is 23.6 Å². The van der Waals surface area contributed by atoms with E-state index in [-0.39, 0.29) is 17.6 Å². The summed E-state index contributed by atoms with van der Waals surface area (Å²) >= 11 is 0. The van der Waals surface area contributed by atoms with Crippen LogP contribution in [0.5, 0.6) is 0 Å². The molecule has 1 aliphatic rings. The number of hydrogen-bond donors (Lipinski definition) is 2. The van der Waals surface area contributed by atoms with E-state index in [9.17, 15) is 8.78 Å². The first kappa shape index (κ1) is 25.1. The lowest BCUT2D eigenvalue weighted by Crippen LogP contribution is -2.51. The quantitative estimate of drug-likeness (QED) is 0.335. The van der Waals surface area contributed by atoms with Crippen molar-refractivity contribution in [3.63, 3.8) is 0 Å². The number of aromatic amines is 1. The van der Waals surface area contributed by atoms with E-state index >= 15 is 0 Å². The molecule has 1 unspecified atom stereocenters. The highest BCUT2D eigenvalue weighted by molar-refractivity contribution is 5.89. The fourth-order valence-electron chi connectivity index (χ4n) is 5.37. The Hall–Kier alpha value is -3.59. The maximum atomic E-state index is 15.0. The van der Waals surface area contributed by atoms with Gasteiger partial charge in [-0.3, -0.25) is 4.90 Å². The summed E-state index contributed by atoms with van der Waals surface area (Å²) in [6.07, 6.45) is 2.92. The van der Waals surface area contributed by atoms with E-state index in [0.717, 1.165) is 54.7 Å². The summed E-state index contributed by atoms with van der Waals surface area (Å²) in [6, 6.07) is 7.46. The first-order valence-electron chi connectivity index (χ1n) is 12.8. The molecule has 2 N–H and O–H groups in total. The fourth-order valence-corrected chi connectivity index (χ4v) is 5.37. The summed E-state index contributed by atoms with van der Waals surface area (Å²) < 4.78 is 29.8. The van der Waals surface area contributed by atoms with Crippen molar-refractivity contribution < 1.29 is 8.78 Å². The van der Waals surface area contributed by atoms with Crippen LogP contribution in [-0.2, 0) is 0 Å². The van der Waals surface area contributed by atoms with Gasteiger partial charge in [-0.15, -0.1) is 0 Å². The molecular weight excluding hydrogens is 472 g/mol.